The lowest BCUT2D eigenvalue weighted by Gasteiger charge is -1.96. The molecule has 0 saturated carbocycles. The molecule has 0 radical (unpaired) electrons. The van der Waals surface area contributed by atoms with Gasteiger partial charge in [0, 0.05) is 24.8 Å². The molecule has 0 unspecified atom stereocenters. The van der Waals surface area contributed by atoms with Crippen LogP contribution in [-0.2, 0) is 0 Å². The Morgan fingerprint density at radius 3 is 2.57 bits per heavy atom. The molecule has 1 heteroatoms. The summed E-state index contributed by atoms with van der Waals surface area (Å²) in [7, 11) is 0. The Morgan fingerprint density at radius 1 is 1.21 bits per heavy atom. The molecule has 0 atom stereocenters. The van der Waals surface area contributed by atoms with Crippen LogP contribution >= 0.6 is 0 Å². The number of benzene rings is 1. The van der Waals surface area contributed by atoms with Crippen LogP contribution in [0.15, 0.2) is 30.3 Å². The van der Waals surface area contributed by atoms with E-state index in [1.165, 1.54) is 0 Å². The number of hydrogen-bond acceptors (Lipinski definition) is 1. The highest BCUT2D eigenvalue weighted by Crippen LogP contribution is 2.04. The van der Waals surface area contributed by atoms with Crippen molar-refractivity contribution in [2.24, 2.45) is 0 Å². The predicted molar refractivity (Wildman–Crippen MR) is 58.1 cm³/mol. The van der Waals surface area contributed by atoms with Crippen molar-refractivity contribution in [2.75, 3.05) is 0 Å². The molecule has 0 fully saturated rings. The summed E-state index contributed by atoms with van der Waals surface area (Å²) in [4.78, 5) is 11.5. The van der Waals surface area contributed by atoms with Crippen LogP contribution in [0.25, 0.3) is 0 Å². The fourth-order valence-corrected chi connectivity index (χ4v) is 1.16. The van der Waals surface area contributed by atoms with Gasteiger partial charge in [-0.15, -0.1) is 11.8 Å². The van der Waals surface area contributed by atoms with E-state index in [-0.39, 0.29) is 5.78 Å². The number of Topliss-reactive ketones (excluding diaryl/α,β-unsaturated/α-hetero) is 1. The molecule has 0 aliphatic rings. The minimum absolute atomic E-state index is 0.177. The van der Waals surface area contributed by atoms with E-state index < -0.39 is 0 Å². The van der Waals surface area contributed by atoms with Crippen LogP contribution in [0.1, 0.15) is 36.5 Å². The molecule has 1 rings (SSSR count). The third-order valence-electron chi connectivity index (χ3n) is 1.87. The summed E-state index contributed by atoms with van der Waals surface area (Å²) in [5.41, 5.74) is 0.783. The molecule has 1 nitrogen and oxygen atoms in total. The average Bonchev–Trinajstić information content (AvgIpc) is 2.25. The molecule has 0 aliphatic carbocycles. The van der Waals surface area contributed by atoms with Crippen molar-refractivity contribution in [1.29, 1.82) is 0 Å². The van der Waals surface area contributed by atoms with Crippen molar-refractivity contribution in [3.63, 3.8) is 0 Å². The smallest absolute Gasteiger partial charge is 0.163 e. The van der Waals surface area contributed by atoms with Gasteiger partial charge < -0.3 is 0 Å². The molecular weight excluding hydrogens is 172 g/mol. The van der Waals surface area contributed by atoms with Crippen LogP contribution in [0.5, 0.6) is 0 Å². The molecule has 0 bridgehead atoms. The Balaban J connectivity index is 2.44. The van der Waals surface area contributed by atoms with Crippen LogP contribution in [0, 0.1) is 11.8 Å². The first-order valence-electron chi connectivity index (χ1n) is 4.88. The van der Waals surface area contributed by atoms with Gasteiger partial charge in [0.2, 0.25) is 0 Å². The second-order valence-electron chi connectivity index (χ2n) is 3.00. The second-order valence-corrected chi connectivity index (χ2v) is 3.00. The minimum atomic E-state index is 0.177. The third-order valence-corrected chi connectivity index (χ3v) is 1.87. The second kappa shape index (κ2) is 5.99. The monoisotopic (exact) mass is 186 g/mol. The normalized spacial score (nSPS) is 8.93. The Labute approximate surface area is 85.1 Å². The Bertz CT molecular complexity index is 340. The number of ketones is 1. The lowest BCUT2D eigenvalue weighted by molar-refractivity contribution is 0.0984. The largest absolute Gasteiger partial charge is 0.294 e. The van der Waals surface area contributed by atoms with Gasteiger partial charge in [0.15, 0.2) is 5.78 Å². The zero-order valence-corrected chi connectivity index (χ0v) is 8.42. The Hall–Kier alpha value is -1.55. The summed E-state index contributed by atoms with van der Waals surface area (Å²) >= 11 is 0. The maximum Gasteiger partial charge on any atom is 0.163 e. The summed E-state index contributed by atoms with van der Waals surface area (Å²) in [5, 5.41) is 0. The lowest BCUT2D eigenvalue weighted by atomic mass is 10.1. The zero-order chi connectivity index (χ0) is 10.2. The van der Waals surface area contributed by atoms with Gasteiger partial charge in [0.05, 0.1) is 0 Å². The molecule has 0 aromatic heterocycles. The molecule has 0 heterocycles. The van der Waals surface area contributed by atoms with Gasteiger partial charge in [-0.3, -0.25) is 4.79 Å². The maximum atomic E-state index is 11.5. The van der Waals surface area contributed by atoms with E-state index in [9.17, 15) is 4.79 Å². The topological polar surface area (TPSA) is 17.1 Å². The molecule has 0 spiro atoms. The quantitative estimate of drug-likeness (QED) is 0.523. The van der Waals surface area contributed by atoms with E-state index >= 15 is 0 Å². The summed E-state index contributed by atoms with van der Waals surface area (Å²) < 4.78 is 0. The number of rotatable bonds is 3. The van der Waals surface area contributed by atoms with Gasteiger partial charge in [-0.25, -0.2) is 0 Å². The summed E-state index contributed by atoms with van der Waals surface area (Å²) in [6.07, 6.45) is 2.05. The first-order chi connectivity index (χ1) is 6.84. The molecule has 14 heavy (non-hydrogen) atoms. The fourth-order valence-electron chi connectivity index (χ4n) is 1.16. The van der Waals surface area contributed by atoms with Crippen molar-refractivity contribution in [3.8, 4) is 11.8 Å². The molecule has 1 aromatic carbocycles. The minimum Gasteiger partial charge on any atom is -0.294 e. The zero-order valence-electron chi connectivity index (χ0n) is 8.42. The SMILES string of the molecule is CCC#CCCC(=O)c1ccccc1. The van der Waals surface area contributed by atoms with Gasteiger partial charge in [0.1, 0.15) is 0 Å². The van der Waals surface area contributed by atoms with E-state index in [1.807, 2.05) is 37.3 Å². The van der Waals surface area contributed by atoms with Crippen molar-refractivity contribution in [3.05, 3.63) is 35.9 Å². The van der Waals surface area contributed by atoms with Crippen LogP contribution in [0.4, 0.5) is 0 Å². The van der Waals surface area contributed by atoms with E-state index in [4.69, 9.17) is 0 Å². The molecule has 0 amide bonds. The van der Waals surface area contributed by atoms with Crippen LogP contribution in [0.2, 0.25) is 0 Å². The van der Waals surface area contributed by atoms with E-state index in [1.54, 1.807) is 0 Å². The van der Waals surface area contributed by atoms with E-state index in [0.717, 1.165) is 12.0 Å². The van der Waals surface area contributed by atoms with Gasteiger partial charge in [-0.1, -0.05) is 37.3 Å². The summed E-state index contributed by atoms with van der Waals surface area (Å²) in [6.45, 7) is 2.01. The van der Waals surface area contributed by atoms with Crippen LogP contribution < -0.4 is 0 Å². The summed E-state index contributed by atoms with van der Waals surface area (Å²) in [6, 6.07) is 9.36. The highest BCUT2D eigenvalue weighted by atomic mass is 16.1. The number of carbonyl (C=O) groups excluding carboxylic acids is 1. The van der Waals surface area contributed by atoms with E-state index in [2.05, 4.69) is 11.8 Å². The predicted octanol–water partition coefficient (Wildman–Crippen LogP) is 3.06. The Morgan fingerprint density at radius 2 is 1.93 bits per heavy atom. The maximum absolute atomic E-state index is 11.5. The van der Waals surface area contributed by atoms with Gasteiger partial charge in [-0.2, -0.15) is 0 Å². The Kier molecular flexibility index (Phi) is 4.50. The first-order valence-corrected chi connectivity index (χ1v) is 4.88. The molecule has 1 aromatic rings. The number of hydrogen-bond donors (Lipinski definition) is 0. The average molecular weight is 186 g/mol. The fraction of sp³-hybridized carbons (Fsp3) is 0.308. The van der Waals surface area contributed by atoms with Crippen LogP contribution in [-0.4, -0.2) is 5.78 Å². The molecular formula is C13H14O. The molecule has 0 aliphatic heterocycles. The van der Waals surface area contributed by atoms with Crippen molar-refractivity contribution >= 4 is 5.78 Å². The van der Waals surface area contributed by atoms with Gasteiger partial charge >= 0.3 is 0 Å². The highest BCUT2D eigenvalue weighted by molar-refractivity contribution is 5.96. The van der Waals surface area contributed by atoms with Crippen LogP contribution in [0.3, 0.4) is 0 Å². The van der Waals surface area contributed by atoms with Gasteiger partial charge in [-0.05, 0) is 0 Å². The van der Waals surface area contributed by atoms with Gasteiger partial charge in [0.25, 0.3) is 0 Å². The van der Waals surface area contributed by atoms with Crippen molar-refractivity contribution in [1.82, 2.24) is 0 Å². The first kappa shape index (κ1) is 10.5. The lowest BCUT2D eigenvalue weighted by Crippen LogP contribution is -1.97. The number of carbonyl (C=O) groups is 1. The van der Waals surface area contributed by atoms with Crippen molar-refractivity contribution < 1.29 is 4.79 Å². The third kappa shape index (κ3) is 3.45. The molecule has 0 saturated heterocycles. The standard InChI is InChI=1S/C13H14O/c1-2-3-4-8-11-13(14)12-9-6-5-7-10-12/h5-7,9-10H,2,8,11H2,1H3. The molecule has 0 N–H and O–H groups in total. The molecule has 72 valence electrons. The van der Waals surface area contributed by atoms with E-state index in [0.29, 0.717) is 12.8 Å². The highest BCUT2D eigenvalue weighted by Gasteiger charge is 2.02. The van der Waals surface area contributed by atoms with Crippen molar-refractivity contribution in [2.45, 2.75) is 26.2 Å². The summed E-state index contributed by atoms with van der Waals surface area (Å²) in [5.74, 6) is 6.09.